The third-order valence-corrected chi connectivity index (χ3v) is 1.98. The van der Waals surface area contributed by atoms with E-state index < -0.39 is 0 Å². The lowest BCUT2D eigenvalue weighted by atomic mass is 10.2. The topological polar surface area (TPSA) is 39.1 Å². The normalized spacial score (nSPS) is 10.7. The summed E-state index contributed by atoms with van der Waals surface area (Å²) >= 11 is 0. The molecule has 1 rings (SSSR count). The fourth-order valence-corrected chi connectivity index (χ4v) is 1.25. The van der Waals surface area contributed by atoms with Crippen LogP contribution in [0.4, 0.5) is 0 Å². The minimum atomic E-state index is 0.795. The van der Waals surface area contributed by atoms with Gasteiger partial charge in [0.1, 0.15) is 0 Å². The molecule has 0 saturated carbocycles. The molecule has 0 aliphatic carbocycles. The summed E-state index contributed by atoms with van der Waals surface area (Å²) in [6, 6.07) is 0. The van der Waals surface area contributed by atoms with Crippen LogP contribution in [0.3, 0.4) is 0 Å². The first kappa shape index (κ1) is 11.2. The van der Waals surface area contributed by atoms with Crippen molar-refractivity contribution in [1.82, 2.24) is 15.1 Å². The highest BCUT2D eigenvalue weighted by Gasteiger charge is 1.94. The van der Waals surface area contributed by atoms with Crippen LogP contribution in [-0.2, 0) is 18.2 Å². The second-order valence-corrected chi connectivity index (χ2v) is 3.22. The van der Waals surface area contributed by atoms with E-state index in [9.17, 15) is 0 Å². The van der Waals surface area contributed by atoms with Crippen LogP contribution in [-0.4, -0.2) is 36.1 Å². The molecule has 1 heterocycles. The summed E-state index contributed by atoms with van der Waals surface area (Å²) < 4.78 is 7.04. The Morgan fingerprint density at radius 3 is 3.00 bits per heavy atom. The lowest BCUT2D eigenvalue weighted by Gasteiger charge is -2.03. The highest BCUT2D eigenvalue weighted by atomic mass is 16.5. The molecule has 80 valence electrons. The minimum absolute atomic E-state index is 0.795. The van der Waals surface area contributed by atoms with Crippen molar-refractivity contribution in [1.29, 1.82) is 0 Å². The van der Waals surface area contributed by atoms with E-state index in [4.69, 9.17) is 4.74 Å². The molecule has 1 N–H and O–H groups in total. The van der Waals surface area contributed by atoms with Crippen LogP contribution in [0, 0.1) is 0 Å². The largest absolute Gasteiger partial charge is 0.380 e. The molecule has 0 atom stereocenters. The van der Waals surface area contributed by atoms with Crippen molar-refractivity contribution in [3.05, 3.63) is 18.0 Å². The quantitative estimate of drug-likeness (QED) is 0.650. The Labute approximate surface area is 85.3 Å². The summed E-state index contributed by atoms with van der Waals surface area (Å²) in [6.07, 6.45) is 4.98. The number of aryl methyl sites for hydroxylation is 1. The average molecular weight is 197 g/mol. The molecule has 0 aliphatic rings. The zero-order valence-corrected chi connectivity index (χ0v) is 8.99. The molecule has 0 fully saturated rings. The smallest absolute Gasteiger partial charge is 0.0590 e. The van der Waals surface area contributed by atoms with Crippen LogP contribution >= 0.6 is 0 Å². The molecule has 4 heteroatoms. The molecule has 0 radical (unpaired) electrons. The molecule has 0 spiro atoms. The van der Waals surface area contributed by atoms with Crippen LogP contribution in [0.15, 0.2) is 12.4 Å². The fraction of sp³-hybridized carbons (Fsp3) is 0.700. The summed E-state index contributed by atoms with van der Waals surface area (Å²) in [5, 5.41) is 7.43. The Morgan fingerprint density at radius 2 is 2.36 bits per heavy atom. The van der Waals surface area contributed by atoms with Gasteiger partial charge in [0.05, 0.1) is 12.8 Å². The zero-order chi connectivity index (χ0) is 10.2. The van der Waals surface area contributed by atoms with Gasteiger partial charge in [-0.2, -0.15) is 5.10 Å². The predicted octanol–water partition coefficient (Wildman–Crippen LogP) is 0.589. The monoisotopic (exact) mass is 197 g/mol. The number of rotatable bonds is 7. The maximum Gasteiger partial charge on any atom is 0.0590 e. The number of hydrogen-bond acceptors (Lipinski definition) is 3. The lowest BCUT2D eigenvalue weighted by molar-refractivity contribution is 0.149. The highest BCUT2D eigenvalue weighted by Crippen LogP contribution is 1.95. The van der Waals surface area contributed by atoms with Gasteiger partial charge in [-0.1, -0.05) is 0 Å². The van der Waals surface area contributed by atoms with E-state index in [1.54, 1.807) is 0 Å². The highest BCUT2D eigenvalue weighted by molar-refractivity contribution is 5.03. The SMILES string of the molecule is CCOCCNCCc1cnn(C)c1. The standard InChI is InChI=1S/C10H19N3O/c1-3-14-7-6-11-5-4-10-8-12-13(2)9-10/h8-9,11H,3-7H2,1-2H3. The Hall–Kier alpha value is -0.870. The number of aromatic nitrogens is 2. The van der Waals surface area contributed by atoms with E-state index in [1.165, 1.54) is 5.56 Å². The van der Waals surface area contributed by atoms with E-state index in [1.807, 2.05) is 31.0 Å². The van der Waals surface area contributed by atoms with E-state index >= 15 is 0 Å². The van der Waals surface area contributed by atoms with Gasteiger partial charge in [-0.3, -0.25) is 4.68 Å². The van der Waals surface area contributed by atoms with E-state index in [-0.39, 0.29) is 0 Å². The molecule has 4 nitrogen and oxygen atoms in total. The molecule has 0 aromatic carbocycles. The van der Waals surface area contributed by atoms with E-state index in [0.717, 1.165) is 32.7 Å². The van der Waals surface area contributed by atoms with E-state index in [2.05, 4.69) is 10.4 Å². The van der Waals surface area contributed by atoms with Gasteiger partial charge >= 0.3 is 0 Å². The first-order valence-electron chi connectivity index (χ1n) is 5.09. The third kappa shape index (κ3) is 4.39. The molecule has 0 saturated heterocycles. The van der Waals surface area contributed by atoms with Gasteiger partial charge in [-0.25, -0.2) is 0 Å². The van der Waals surface area contributed by atoms with Crippen LogP contribution < -0.4 is 5.32 Å². The van der Waals surface area contributed by atoms with Gasteiger partial charge in [0.15, 0.2) is 0 Å². The fourth-order valence-electron chi connectivity index (χ4n) is 1.25. The van der Waals surface area contributed by atoms with Crippen LogP contribution in [0.25, 0.3) is 0 Å². The average Bonchev–Trinajstić information content (AvgIpc) is 2.58. The van der Waals surface area contributed by atoms with Gasteiger partial charge in [0, 0.05) is 26.4 Å². The molecule has 0 aliphatic heterocycles. The van der Waals surface area contributed by atoms with Crippen LogP contribution in [0.5, 0.6) is 0 Å². The summed E-state index contributed by atoms with van der Waals surface area (Å²) in [7, 11) is 1.94. The Bertz CT molecular complexity index is 247. The summed E-state index contributed by atoms with van der Waals surface area (Å²) in [4.78, 5) is 0. The number of nitrogens with one attached hydrogen (secondary N) is 1. The van der Waals surface area contributed by atoms with Gasteiger partial charge in [-0.15, -0.1) is 0 Å². The van der Waals surface area contributed by atoms with Crippen molar-refractivity contribution >= 4 is 0 Å². The van der Waals surface area contributed by atoms with Crippen LogP contribution in [0.1, 0.15) is 12.5 Å². The van der Waals surface area contributed by atoms with Gasteiger partial charge in [0.25, 0.3) is 0 Å². The van der Waals surface area contributed by atoms with Crippen LogP contribution in [0.2, 0.25) is 0 Å². The zero-order valence-electron chi connectivity index (χ0n) is 8.99. The lowest BCUT2D eigenvalue weighted by Crippen LogP contribution is -2.22. The first-order valence-corrected chi connectivity index (χ1v) is 5.09. The maximum atomic E-state index is 5.21. The van der Waals surface area contributed by atoms with E-state index in [0.29, 0.717) is 0 Å². The Morgan fingerprint density at radius 1 is 1.50 bits per heavy atom. The molecule has 0 bridgehead atoms. The summed E-state index contributed by atoms with van der Waals surface area (Å²) in [6.45, 7) is 5.51. The van der Waals surface area contributed by atoms with Gasteiger partial charge < -0.3 is 10.1 Å². The van der Waals surface area contributed by atoms with Crippen molar-refractivity contribution in [2.75, 3.05) is 26.3 Å². The predicted molar refractivity (Wildman–Crippen MR) is 56.3 cm³/mol. The summed E-state index contributed by atoms with van der Waals surface area (Å²) in [5.74, 6) is 0. The van der Waals surface area contributed by atoms with Crippen molar-refractivity contribution in [3.8, 4) is 0 Å². The van der Waals surface area contributed by atoms with Crippen molar-refractivity contribution in [2.45, 2.75) is 13.3 Å². The third-order valence-electron chi connectivity index (χ3n) is 1.98. The maximum absolute atomic E-state index is 5.21. The molecule has 1 aromatic heterocycles. The van der Waals surface area contributed by atoms with Gasteiger partial charge in [-0.05, 0) is 25.5 Å². The Kier molecular flexibility index (Phi) is 5.25. The number of hydrogen-bond donors (Lipinski definition) is 1. The molecular formula is C10H19N3O. The first-order chi connectivity index (χ1) is 6.83. The second kappa shape index (κ2) is 6.56. The Balaban J connectivity index is 1.99. The minimum Gasteiger partial charge on any atom is -0.380 e. The van der Waals surface area contributed by atoms with Gasteiger partial charge in [0.2, 0.25) is 0 Å². The molecule has 14 heavy (non-hydrogen) atoms. The molecule has 0 unspecified atom stereocenters. The number of nitrogens with zero attached hydrogens (tertiary/aromatic N) is 2. The molecule has 0 amide bonds. The van der Waals surface area contributed by atoms with Crippen molar-refractivity contribution in [2.24, 2.45) is 7.05 Å². The summed E-state index contributed by atoms with van der Waals surface area (Å²) in [5.41, 5.74) is 1.27. The second-order valence-electron chi connectivity index (χ2n) is 3.22. The van der Waals surface area contributed by atoms with Crippen molar-refractivity contribution < 1.29 is 4.74 Å². The number of ether oxygens (including phenoxy) is 1. The molecular weight excluding hydrogens is 178 g/mol. The molecule has 1 aromatic rings. The van der Waals surface area contributed by atoms with Crippen molar-refractivity contribution in [3.63, 3.8) is 0 Å².